The summed E-state index contributed by atoms with van der Waals surface area (Å²) in [7, 11) is 1.69. The molecule has 3 aromatic rings. The quantitative estimate of drug-likeness (QED) is 0.505. The van der Waals surface area contributed by atoms with Crippen molar-refractivity contribution in [2.24, 2.45) is 12.5 Å². The molecule has 2 heterocycles. The first-order valence-electron chi connectivity index (χ1n) is 13.3. The van der Waals surface area contributed by atoms with Gasteiger partial charge in [0.2, 0.25) is 5.91 Å². The molecule has 2 N–H and O–H groups in total. The molecule has 0 saturated heterocycles. The Morgan fingerprint density at radius 3 is 2.62 bits per heavy atom. The maximum atomic E-state index is 15.1. The van der Waals surface area contributed by atoms with E-state index in [-0.39, 0.29) is 34.9 Å². The highest BCUT2D eigenvalue weighted by Gasteiger charge is 2.58. The van der Waals surface area contributed by atoms with Gasteiger partial charge in [0.1, 0.15) is 17.6 Å². The maximum absolute atomic E-state index is 15.1. The molecule has 0 aliphatic heterocycles. The van der Waals surface area contributed by atoms with Crippen molar-refractivity contribution >= 4 is 17.5 Å². The fourth-order valence-corrected chi connectivity index (χ4v) is 6.52. The molecule has 192 valence electrons. The Labute approximate surface area is 215 Å². The molecular weight excluding hydrogens is 469 g/mol. The minimum Gasteiger partial charge on any atom is -0.338 e. The summed E-state index contributed by atoms with van der Waals surface area (Å²) in [6.07, 6.45) is 11.3. The first-order chi connectivity index (χ1) is 17.9. The topological polar surface area (TPSA) is 88.9 Å². The van der Waals surface area contributed by atoms with Gasteiger partial charge in [-0.2, -0.15) is 5.10 Å². The molecule has 2 fully saturated rings. The lowest BCUT2D eigenvalue weighted by Crippen LogP contribution is -2.49. The number of rotatable bonds is 6. The van der Waals surface area contributed by atoms with Crippen molar-refractivity contribution in [2.75, 3.05) is 5.32 Å². The molecule has 37 heavy (non-hydrogen) atoms. The maximum Gasteiger partial charge on any atom is 0.270 e. The van der Waals surface area contributed by atoms with Crippen molar-refractivity contribution in [2.45, 2.75) is 69.2 Å². The van der Waals surface area contributed by atoms with Crippen LogP contribution in [0.5, 0.6) is 0 Å². The van der Waals surface area contributed by atoms with E-state index in [9.17, 15) is 9.59 Å². The van der Waals surface area contributed by atoms with Crippen molar-refractivity contribution in [1.29, 1.82) is 0 Å². The summed E-state index contributed by atoms with van der Waals surface area (Å²) in [4.78, 5) is 31.5. The highest BCUT2D eigenvalue weighted by atomic mass is 19.1. The number of nitrogens with zero attached hydrogens (tertiary/aromatic N) is 3. The lowest BCUT2D eigenvalue weighted by molar-refractivity contribution is -0.118. The highest BCUT2D eigenvalue weighted by molar-refractivity contribution is 6.01. The van der Waals surface area contributed by atoms with Gasteiger partial charge in [0.05, 0.1) is 17.6 Å². The molecule has 0 radical (unpaired) electrons. The third-order valence-corrected chi connectivity index (χ3v) is 8.57. The number of aryl methyl sites for hydroxylation is 1. The molecule has 1 spiro atoms. The molecule has 3 aliphatic carbocycles. The van der Waals surface area contributed by atoms with E-state index < -0.39 is 6.04 Å². The van der Waals surface area contributed by atoms with Gasteiger partial charge in [-0.25, -0.2) is 4.39 Å². The third-order valence-electron chi connectivity index (χ3n) is 8.57. The summed E-state index contributed by atoms with van der Waals surface area (Å²) < 4.78 is 16.6. The van der Waals surface area contributed by atoms with Crippen LogP contribution in [0.2, 0.25) is 0 Å². The number of anilines is 1. The van der Waals surface area contributed by atoms with Crippen molar-refractivity contribution < 1.29 is 14.0 Å². The number of hydrogen-bond acceptors (Lipinski definition) is 4. The Morgan fingerprint density at radius 2 is 1.92 bits per heavy atom. The van der Waals surface area contributed by atoms with Crippen molar-refractivity contribution in [3.63, 3.8) is 0 Å². The van der Waals surface area contributed by atoms with E-state index in [1.807, 2.05) is 12.1 Å². The average molecular weight is 502 g/mol. The monoisotopic (exact) mass is 501 g/mol. The largest absolute Gasteiger partial charge is 0.338 e. The minimum absolute atomic E-state index is 0.0419. The number of carbonyl (C=O) groups is 2. The number of benzene rings is 1. The minimum atomic E-state index is -0.824. The van der Waals surface area contributed by atoms with E-state index in [0.29, 0.717) is 17.1 Å². The Morgan fingerprint density at radius 1 is 1.14 bits per heavy atom. The number of aromatic nitrogens is 3. The molecule has 8 heteroatoms. The molecule has 2 amide bonds. The van der Waals surface area contributed by atoms with E-state index in [1.165, 1.54) is 22.7 Å². The van der Waals surface area contributed by atoms with Crippen LogP contribution < -0.4 is 10.6 Å². The Kier molecular flexibility index (Phi) is 6.05. The number of amides is 2. The first kappa shape index (κ1) is 23.8. The van der Waals surface area contributed by atoms with Crippen LogP contribution in [0.15, 0.2) is 48.8 Å². The van der Waals surface area contributed by atoms with Gasteiger partial charge in [-0.1, -0.05) is 43.5 Å². The molecule has 1 aromatic carbocycles. The molecule has 0 bridgehead atoms. The standard InChI is InChI=1S/C29H32FN5O2/c1-35-23(11-14-32-35)27(36)34-26(24-21-10-6-5-9-19(21)16-29(24)12-13-29)28(37)33-20-15-22(30)25(31-17-20)18-7-3-2-4-8-18/h5-6,9-11,14-15,17-18,24,26H,2-4,7-8,12-13,16H2,1H3,(H,33,37)(H,34,36)/t24?,26-/m0/s1. The normalized spacial score (nSPS) is 20.9. The van der Waals surface area contributed by atoms with Crippen LogP contribution in [0.1, 0.15) is 84.1 Å². The van der Waals surface area contributed by atoms with Crippen LogP contribution >= 0.6 is 0 Å². The number of halogens is 1. The van der Waals surface area contributed by atoms with Crippen molar-refractivity contribution in [3.8, 4) is 0 Å². The summed E-state index contributed by atoms with van der Waals surface area (Å²) in [5.41, 5.74) is 3.45. The summed E-state index contributed by atoms with van der Waals surface area (Å²) in [6, 6.07) is 10.3. The molecular formula is C29H32FN5O2. The summed E-state index contributed by atoms with van der Waals surface area (Å²) >= 11 is 0. The van der Waals surface area contributed by atoms with Gasteiger partial charge in [0.15, 0.2) is 0 Å². The molecule has 1 unspecified atom stereocenters. The van der Waals surface area contributed by atoms with E-state index in [4.69, 9.17) is 0 Å². The Bertz CT molecular complexity index is 1340. The summed E-state index contributed by atoms with van der Waals surface area (Å²) in [5.74, 6) is -1.15. The van der Waals surface area contributed by atoms with Gasteiger partial charge in [-0.05, 0) is 54.7 Å². The Hall–Kier alpha value is -3.55. The van der Waals surface area contributed by atoms with Crippen LogP contribution in [0, 0.1) is 11.2 Å². The SMILES string of the molecule is Cn1nccc1C(=O)N[C@H](C(=O)Nc1cnc(C2CCCCC2)c(F)c1)C1c2ccccc2CC12CC2. The van der Waals surface area contributed by atoms with Gasteiger partial charge in [0, 0.05) is 31.1 Å². The smallest absolute Gasteiger partial charge is 0.270 e. The third kappa shape index (κ3) is 4.43. The molecule has 2 aromatic heterocycles. The van der Waals surface area contributed by atoms with E-state index in [1.54, 1.807) is 25.5 Å². The van der Waals surface area contributed by atoms with Gasteiger partial charge >= 0.3 is 0 Å². The van der Waals surface area contributed by atoms with Crippen LogP contribution in [-0.4, -0.2) is 32.6 Å². The number of nitrogens with one attached hydrogen (secondary N) is 2. The highest BCUT2D eigenvalue weighted by Crippen LogP contribution is 2.64. The van der Waals surface area contributed by atoms with Gasteiger partial charge in [-0.15, -0.1) is 0 Å². The average Bonchev–Trinajstić information content (AvgIpc) is 3.40. The summed E-state index contributed by atoms with van der Waals surface area (Å²) in [5, 5.41) is 9.98. The van der Waals surface area contributed by atoms with Gasteiger partial charge in [0.25, 0.3) is 5.91 Å². The second-order valence-electron chi connectivity index (χ2n) is 10.9. The van der Waals surface area contributed by atoms with Crippen molar-refractivity contribution in [1.82, 2.24) is 20.1 Å². The lowest BCUT2D eigenvalue weighted by Gasteiger charge is -2.29. The second-order valence-corrected chi connectivity index (χ2v) is 10.9. The fraction of sp³-hybridized carbons (Fsp3) is 0.448. The van der Waals surface area contributed by atoms with Gasteiger partial charge < -0.3 is 10.6 Å². The molecule has 6 rings (SSSR count). The number of hydrogen-bond donors (Lipinski definition) is 2. The van der Waals surface area contributed by atoms with E-state index >= 15 is 4.39 Å². The fourth-order valence-electron chi connectivity index (χ4n) is 6.52. The van der Waals surface area contributed by atoms with Crippen LogP contribution in [0.4, 0.5) is 10.1 Å². The van der Waals surface area contributed by atoms with Crippen LogP contribution in [0.25, 0.3) is 0 Å². The molecule has 2 saturated carbocycles. The predicted octanol–water partition coefficient (Wildman–Crippen LogP) is 4.86. The lowest BCUT2D eigenvalue weighted by atomic mass is 9.82. The van der Waals surface area contributed by atoms with Crippen LogP contribution in [-0.2, 0) is 18.3 Å². The zero-order valence-corrected chi connectivity index (χ0v) is 21.0. The zero-order chi connectivity index (χ0) is 25.6. The Balaban J connectivity index is 1.29. The number of fused-ring (bicyclic) bond motifs is 1. The van der Waals surface area contributed by atoms with Crippen molar-refractivity contribution in [3.05, 3.63) is 77.1 Å². The zero-order valence-electron chi connectivity index (χ0n) is 21.0. The van der Waals surface area contributed by atoms with Gasteiger partial charge in [-0.3, -0.25) is 19.3 Å². The molecule has 3 aliphatic rings. The van der Waals surface area contributed by atoms with E-state index in [2.05, 4.69) is 32.8 Å². The van der Waals surface area contributed by atoms with Crippen LogP contribution in [0.3, 0.4) is 0 Å². The first-order valence-corrected chi connectivity index (χ1v) is 13.3. The number of carbonyl (C=O) groups excluding carboxylic acids is 2. The van der Waals surface area contributed by atoms with E-state index in [0.717, 1.165) is 50.5 Å². The second kappa shape index (κ2) is 9.39. The molecule has 2 atom stereocenters. The summed E-state index contributed by atoms with van der Waals surface area (Å²) in [6.45, 7) is 0. The molecule has 7 nitrogen and oxygen atoms in total. The predicted molar refractivity (Wildman–Crippen MR) is 138 cm³/mol. The number of pyridine rings is 1.